The van der Waals surface area contributed by atoms with Crippen LogP contribution in [0.2, 0.25) is 0 Å². The molecule has 2 atom stereocenters. The van der Waals surface area contributed by atoms with Crippen molar-refractivity contribution in [3.8, 4) is 0 Å². The Balaban J connectivity index is 1.67. The van der Waals surface area contributed by atoms with E-state index in [0.29, 0.717) is 5.66 Å². The van der Waals surface area contributed by atoms with Crippen LogP contribution < -0.4 is 31.8 Å². The molecule has 0 aromatic heterocycles. The van der Waals surface area contributed by atoms with Crippen LogP contribution in [-0.4, -0.2) is 5.66 Å². The number of hydrogen-bond acceptors (Lipinski definition) is 1. The van der Waals surface area contributed by atoms with Crippen molar-refractivity contribution in [1.29, 1.82) is 0 Å². The molecule has 0 unspecified atom stereocenters. The van der Waals surface area contributed by atoms with Crippen molar-refractivity contribution in [3.63, 3.8) is 0 Å². The van der Waals surface area contributed by atoms with Gasteiger partial charge in [-0.05, 0) is 0 Å². The zero-order valence-corrected chi connectivity index (χ0v) is 24.1. The van der Waals surface area contributed by atoms with Gasteiger partial charge in [-0.2, -0.15) is 0 Å². The Hall–Kier alpha value is -2.30. The molecule has 36 heavy (non-hydrogen) atoms. The first kappa shape index (κ1) is 22.9. The fourth-order valence-electron chi connectivity index (χ4n) is 7.17. The van der Waals surface area contributed by atoms with Gasteiger partial charge in [0.25, 0.3) is 0 Å². The summed E-state index contributed by atoms with van der Waals surface area (Å²) in [6.45, 7) is 13.0. The second-order valence-corrected chi connectivity index (χ2v) is 18.2. The van der Waals surface area contributed by atoms with Crippen molar-refractivity contribution in [2.24, 2.45) is 0 Å². The second kappa shape index (κ2) is 7.17. The first-order chi connectivity index (χ1) is 17.2. The van der Waals surface area contributed by atoms with Crippen LogP contribution in [0.4, 0.5) is 0 Å². The third kappa shape index (κ3) is 2.39. The van der Waals surface area contributed by atoms with E-state index in [9.17, 15) is 0 Å². The normalized spacial score (nSPS) is 24.8. The zero-order chi connectivity index (χ0) is 25.2. The standard InChI is InChI=1S/C33H34OP2/c1-19-13-27-30(16-22(19)4)36(25(7)33(34-36)26-11-9-8-10-12-26)31-17-23(5)20(2)14-28(31)35(27)29-15-21(3)24(6)18-32(29)36/h8-18,25,33H,1-7H3/t25-,33-/m1/s1. The van der Waals surface area contributed by atoms with Crippen LogP contribution in [0.1, 0.15) is 52.0 Å². The van der Waals surface area contributed by atoms with E-state index in [0.717, 1.165) is 0 Å². The van der Waals surface area contributed by atoms with Gasteiger partial charge in [-0.1, -0.05) is 0 Å². The molecule has 0 saturated carbocycles. The minimum atomic E-state index is -3.17. The van der Waals surface area contributed by atoms with Crippen LogP contribution in [-0.2, 0) is 4.52 Å². The average molecular weight is 509 g/mol. The average Bonchev–Trinajstić information content (AvgIpc) is 2.86. The van der Waals surface area contributed by atoms with E-state index < -0.39 is 14.8 Å². The quantitative estimate of drug-likeness (QED) is 0.294. The summed E-state index contributed by atoms with van der Waals surface area (Å²) in [7, 11) is -0.607. The van der Waals surface area contributed by atoms with Gasteiger partial charge in [0.15, 0.2) is 0 Å². The van der Waals surface area contributed by atoms with E-state index in [1.807, 2.05) is 0 Å². The Labute approximate surface area is 216 Å². The summed E-state index contributed by atoms with van der Waals surface area (Å²) >= 11 is 0. The molecule has 2 bridgehead atoms. The third-order valence-electron chi connectivity index (χ3n) is 9.61. The molecule has 1 spiro atoms. The van der Waals surface area contributed by atoms with E-state index >= 15 is 0 Å². The summed E-state index contributed by atoms with van der Waals surface area (Å²) in [6.07, 6.45) is 0.102. The van der Waals surface area contributed by atoms with E-state index in [1.54, 1.807) is 15.9 Å². The van der Waals surface area contributed by atoms with E-state index in [-0.39, 0.29) is 6.10 Å². The minimum absolute atomic E-state index is 0.102. The van der Waals surface area contributed by atoms with Gasteiger partial charge in [-0.3, -0.25) is 0 Å². The van der Waals surface area contributed by atoms with Gasteiger partial charge in [-0.15, -0.1) is 0 Å². The van der Waals surface area contributed by atoms with Gasteiger partial charge in [0.05, 0.1) is 0 Å². The van der Waals surface area contributed by atoms with E-state index in [2.05, 4.69) is 115 Å². The Kier molecular flexibility index (Phi) is 4.55. The Morgan fingerprint density at radius 2 is 0.972 bits per heavy atom. The molecule has 4 aromatic carbocycles. The van der Waals surface area contributed by atoms with Gasteiger partial charge in [0, 0.05) is 0 Å². The van der Waals surface area contributed by atoms with Gasteiger partial charge in [0.2, 0.25) is 0 Å². The van der Waals surface area contributed by atoms with Crippen LogP contribution in [0, 0.1) is 41.5 Å². The molecule has 1 nitrogen and oxygen atoms in total. The van der Waals surface area contributed by atoms with Crippen LogP contribution in [0.5, 0.6) is 0 Å². The van der Waals surface area contributed by atoms with E-state index in [4.69, 9.17) is 4.52 Å². The molecule has 0 amide bonds. The van der Waals surface area contributed by atoms with Crippen molar-refractivity contribution in [2.45, 2.75) is 60.2 Å². The third-order valence-corrected chi connectivity index (χ3v) is 19.2. The summed E-state index contributed by atoms with van der Waals surface area (Å²) in [5.41, 5.74) is 10.00. The maximum absolute atomic E-state index is 7.75. The summed E-state index contributed by atoms with van der Waals surface area (Å²) in [5, 5.41) is 9.24. The van der Waals surface area contributed by atoms with Crippen LogP contribution in [0.3, 0.4) is 0 Å². The number of aryl methyl sites for hydroxylation is 6. The number of hydrogen-bond donors (Lipinski definition) is 0. The van der Waals surface area contributed by atoms with Gasteiger partial charge < -0.3 is 0 Å². The number of rotatable bonds is 1. The SMILES string of the molecule is Cc1cc2c(cc1C)P13(O[C@@H](c4ccccc4)[C@H]1C)c1cc(C)c(C)cc1P2c1cc(C)c(C)cc13. The fourth-order valence-corrected chi connectivity index (χ4v) is 19.4. The molecule has 3 heteroatoms. The van der Waals surface area contributed by atoms with Gasteiger partial charge in [0.1, 0.15) is 0 Å². The molecule has 0 radical (unpaired) electrons. The summed E-state index contributed by atoms with van der Waals surface area (Å²) in [6, 6.07) is 26.1. The van der Waals surface area contributed by atoms with Crippen LogP contribution in [0.15, 0.2) is 66.7 Å². The predicted octanol–water partition coefficient (Wildman–Crippen LogP) is 5.83. The Bertz CT molecular complexity index is 1470. The summed E-state index contributed by atoms with van der Waals surface area (Å²) in [5.74, 6) is 0. The van der Waals surface area contributed by atoms with Crippen molar-refractivity contribution >= 4 is 46.6 Å². The molecule has 4 aliphatic rings. The predicted molar refractivity (Wildman–Crippen MR) is 159 cm³/mol. The van der Waals surface area contributed by atoms with Crippen LogP contribution in [0.25, 0.3) is 0 Å². The topological polar surface area (TPSA) is 9.23 Å². The first-order valence-electron chi connectivity index (χ1n) is 13.1. The monoisotopic (exact) mass is 508 g/mol. The van der Waals surface area contributed by atoms with Crippen molar-refractivity contribution in [2.75, 3.05) is 0 Å². The Morgan fingerprint density at radius 1 is 0.583 bits per heavy atom. The maximum atomic E-state index is 7.75. The van der Waals surface area contributed by atoms with Crippen molar-refractivity contribution in [3.05, 3.63) is 106 Å². The molecule has 4 aliphatic heterocycles. The Morgan fingerprint density at radius 3 is 1.36 bits per heavy atom. The van der Waals surface area contributed by atoms with Crippen molar-refractivity contribution < 1.29 is 4.52 Å². The first-order valence-corrected chi connectivity index (χ1v) is 16.7. The molecule has 4 heterocycles. The zero-order valence-electron chi connectivity index (χ0n) is 22.3. The molecule has 1 fully saturated rings. The summed E-state index contributed by atoms with van der Waals surface area (Å²) in [4.78, 5) is 0. The molecule has 8 rings (SSSR count). The van der Waals surface area contributed by atoms with Gasteiger partial charge in [-0.25, -0.2) is 0 Å². The van der Waals surface area contributed by atoms with Gasteiger partial charge >= 0.3 is 217 Å². The van der Waals surface area contributed by atoms with Crippen molar-refractivity contribution in [1.82, 2.24) is 0 Å². The number of benzene rings is 4. The molecule has 0 N–H and O–H groups in total. The van der Waals surface area contributed by atoms with E-state index in [1.165, 1.54) is 54.9 Å². The summed E-state index contributed by atoms with van der Waals surface area (Å²) < 4.78 is 7.75. The second-order valence-electron chi connectivity index (χ2n) is 11.4. The molecular formula is C33H34OP2. The molecule has 0 aliphatic carbocycles. The molecule has 182 valence electrons. The molecule has 1 saturated heterocycles. The van der Waals surface area contributed by atoms with Crippen LogP contribution >= 0.6 is 14.8 Å². The fraction of sp³-hybridized carbons (Fsp3) is 0.273. The molecule has 4 aromatic rings. The molecular weight excluding hydrogens is 474 g/mol.